The zero-order valence-electron chi connectivity index (χ0n) is 9.90. The maximum absolute atomic E-state index is 5.85. The van der Waals surface area contributed by atoms with Crippen LogP contribution in [-0.4, -0.2) is 25.8 Å². The third kappa shape index (κ3) is 2.67. The van der Waals surface area contributed by atoms with Gasteiger partial charge in [-0.2, -0.15) is 0 Å². The molecule has 1 aromatic rings. The average molecular weight is 221 g/mol. The van der Waals surface area contributed by atoms with Crippen LogP contribution in [0.25, 0.3) is 0 Å². The van der Waals surface area contributed by atoms with Crippen molar-refractivity contribution in [3.05, 3.63) is 24.3 Å². The van der Waals surface area contributed by atoms with Gasteiger partial charge in [-0.15, -0.1) is 0 Å². The van der Waals surface area contributed by atoms with E-state index in [1.807, 2.05) is 38.2 Å². The standard InChI is InChI=1S/C13H19NO2/c1-3-15-11-5-4-6-12(9-11)16-13-7-10(8-13)14-2/h4-6,9-10,13-14H,3,7-8H2,1-2H3/t10-,13+. The highest BCUT2D eigenvalue weighted by Gasteiger charge is 2.29. The van der Waals surface area contributed by atoms with Crippen LogP contribution in [0.2, 0.25) is 0 Å². The Balaban J connectivity index is 1.87. The average Bonchev–Trinajstić information content (AvgIpc) is 2.24. The van der Waals surface area contributed by atoms with Gasteiger partial charge in [0.15, 0.2) is 0 Å². The van der Waals surface area contributed by atoms with Gasteiger partial charge in [0.1, 0.15) is 17.6 Å². The zero-order chi connectivity index (χ0) is 11.4. The highest BCUT2D eigenvalue weighted by Crippen LogP contribution is 2.27. The molecule has 0 aromatic heterocycles. The second-order valence-electron chi connectivity index (χ2n) is 4.10. The summed E-state index contributed by atoms with van der Waals surface area (Å²) in [6.07, 6.45) is 2.54. The van der Waals surface area contributed by atoms with Crippen molar-refractivity contribution in [1.82, 2.24) is 5.32 Å². The molecular formula is C13H19NO2. The predicted octanol–water partition coefficient (Wildman–Crippen LogP) is 2.21. The van der Waals surface area contributed by atoms with Gasteiger partial charge in [-0.1, -0.05) is 6.07 Å². The monoisotopic (exact) mass is 221 g/mol. The molecule has 1 N–H and O–H groups in total. The molecule has 0 radical (unpaired) electrons. The molecule has 3 heteroatoms. The van der Waals surface area contributed by atoms with Crippen LogP contribution in [-0.2, 0) is 0 Å². The predicted molar refractivity (Wildman–Crippen MR) is 64.1 cm³/mol. The van der Waals surface area contributed by atoms with Crippen molar-refractivity contribution in [3.8, 4) is 11.5 Å². The summed E-state index contributed by atoms with van der Waals surface area (Å²) < 4.78 is 11.3. The first kappa shape index (κ1) is 11.3. The van der Waals surface area contributed by atoms with Crippen molar-refractivity contribution in [2.24, 2.45) is 0 Å². The van der Waals surface area contributed by atoms with Crippen molar-refractivity contribution in [1.29, 1.82) is 0 Å². The minimum atomic E-state index is 0.356. The van der Waals surface area contributed by atoms with Gasteiger partial charge in [0, 0.05) is 12.1 Å². The van der Waals surface area contributed by atoms with Crippen LogP contribution < -0.4 is 14.8 Å². The van der Waals surface area contributed by atoms with Crippen LogP contribution in [0.3, 0.4) is 0 Å². The molecule has 1 aromatic carbocycles. The fourth-order valence-electron chi connectivity index (χ4n) is 1.89. The first-order valence-corrected chi connectivity index (χ1v) is 5.88. The highest BCUT2D eigenvalue weighted by molar-refractivity contribution is 5.33. The molecule has 88 valence electrons. The quantitative estimate of drug-likeness (QED) is 0.827. The molecule has 0 saturated heterocycles. The zero-order valence-corrected chi connectivity index (χ0v) is 9.90. The van der Waals surface area contributed by atoms with Crippen molar-refractivity contribution in [2.75, 3.05) is 13.7 Å². The molecule has 1 fully saturated rings. The van der Waals surface area contributed by atoms with Crippen LogP contribution in [0, 0.1) is 0 Å². The molecule has 0 heterocycles. The molecule has 0 aliphatic heterocycles. The van der Waals surface area contributed by atoms with Crippen LogP contribution in [0.1, 0.15) is 19.8 Å². The van der Waals surface area contributed by atoms with E-state index in [1.165, 1.54) is 0 Å². The molecule has 1 aliphatic rings. The molecule has 1 aliphatic carbocycles. The Labute approximate surface area is 96.8 Å². The highest BCUT2D eigenvalue weighted by atomic mass is 16.5. The van der Waals surface area contributed by atoms with Gasteiger partial charge in [-0.3, -0.25) is 0 Å². The van der Waals surface area contributed by atoms with Gasteiger partial charge in [0.05, 0.1) is 6.61 Å². The number of benzene rings is 1. The van der Waals surface area contributed by atoms with Crippen molar-refractivity contribution < 1.29 is 9.47 Å². The number of rotatable bonds is 5. The van der Waals surface area contributed by atoms with E-state index in [2.05, 4.69) is 5.32 Å². The second-order valence-corrected chi connectivity index (χ2v) is 4.10. The minimum absolute atomic E-state index is 0.356. The SMILES string of the molecule is CCOc1cccc(O[C@H]2C[C@@H](NC)C2)c1. The van der Waals surface area contributed by atoms with E-state index in [0.717, 1.165) is 24.3 Å². The van der Waals surface area contributed by atoms with Crippen molar-refractivity contribution in [3.63, 3.8) is 0 Å². The summed E-state index contributed by atoms with van der Waals surface area (Å²) in [5.41, 5.74) is 0. The molecule has 0 bridgehead atoms. The Morgan fingerprint density at radius 1 is 1.31 bits per heavy atom. The maximum atomic E-state index is 5.85. The van der Waals surface area contributed by atoms with E-state index in [4.69, 9.17) is 9.47 Å². The Bertz CT molecular complexity index is 334. The summed E-state index contributed by atoms with van der Waals surface area (Å²) in [5.74, 6) is 1.79. The lowest BCUT2D eigenvalue weighted by Gasteiger charge is -2.35. The fraction of sp³-hybridized carbons (Fsp3) is 0.538. The summed E-state index contributed by atoms with van der Waals surface area (Å²) >= 11 is 0. The van der Waals surface area contributed by atoms with E-state index in [1.54, 1.807) is 0 Å². The summed E-state index contributed by atoms with van der Waals surface area (Å²) in [5, 5.41) is 3.24. The van der Waals surface area contributed by atoms with E-state index in [0.29, 0.717) is 18.8 Å². The Morgan fingerprint density at radius 2 is 2.06 bits per heavy atom. The molecule has 0 atom stereocenters. The summed E-state index contributed by atoms with van der Waals surface area (Å²) in [6, 6.07) is 8.48. The van der Waals surface area contributed by atoms with Gasteiger partial charge in [0.2, 0.25) is 0 Å². The molecule has 16 heavy (non-hydrogen) atoms. The van der Waals surface area contributed by atoms with E-state index >= 15 is 0 Å². The lowest BCUT2D eigenvalue weighted by molar-refractivity contribution is 0.0882. The normalized spacial score (nSPS) is 23.6. The number of ether oxygens (including phenoxy) is 2. The molecule has 0 amide bonds. The number of hydrogen-bond acceptors (Lipinski definition) is 3. The Kier molecular flexibility index (Phi) is 3.67. The Hall–Kier alpha value is -1.22. The summed E-state index contributed by atoms with van der Waals surface area (Å²) in [4.78, 5) is 0. The van der Waals surface area contributed by atoms with E-state index in [9.17, 15) is 0 Å². The molecule has 2 rings (SSSR count). The molecule has 3 nitrogen and oxygen atoms in total. The van der Waals surface area contributed by atoms with Crippen LogP contribution in [0.4, 0.5) is 0 Å². The number of hydrogen-bond donors (Lipinski definition) is 1. The van der Waals surface area contributed by atoms with Gasteiger partial charge >= 0.3 is 0 Å². The van der Waals surface area contributed by atoms with E-state index in [-0.39, 0.29) is 0 Å². The summed E-state index contributed by atoms with van der Waals surface area (Å²) in [7, 11) is 2.00. The largest absolute Gasteiger partial charge is 0.494 e. The van der Waals surface area contributed by atoms with Gasteiger partial charge < -0.3 is 14.8 Å². The lowest BCUT2D eigenvalue weighted by atomic mass is 9.89. The lowest BCUT2D eigenvalue weighted by Crippen LogP contribution is -2.45. The molecular weight excluding hydrogens is 202 g/mol. The number of nitrogens with one attached hydrogen (secondary N) is 1. The maximum Gasteiger partial charge on any atom is 0.123 e. The van der Waals surface area contributed by atoms with Gasteiger partial charge in [0.25, 0.3) is 0 Å². The van der Waals surface area contributed by atoms with Gasteiger partial charge in [-0.25, -0.2) is 0 Å². The smallest absolute Gasteiger partial charge is 0.123 e. The third-order valence-electron chi connectivity index (χ3n) is 2.92. The molecule has 0 unspecified atom stereocenters. The first-order valence-electron chi connectivity index (χ1n) is 5.88. The minimum Gasteiger partial charge on any atom is -0.494 e. The third-order valence-corrected chi connectivity index (χ3v) is 2.92. The Morgan fingerprint density at radius 3 is 2.75 bits per heavy atom. The van der Waals surface area contributed by atoms with Crippen LogP contribution >= 0.6 is 0 Å². The topological polar surface area (TPSA) is 30.5 Å². The van der Waals surface area contributed by atoms with E-state index < -0.39 is 0 Å². The van der Waals surface area contributed by atoms with Crippen molar-refractivity contribution >= 4 is 0 Å². The second kappa shape index (κ2) is 5.21. The van der Waals surface area contributed by atoms with Crippen LogP contribution in [0.15, 0.2) is 24.3 Å². The van der Waals surface area contributed by atoms with Gasteiger partial charge in [-0.05, 0) is 38.9 Å². The fourth-order valence-corrected chi connectivity index (χ4v) is 1.89. The van der Waals surface area contributed by atoms with Crippen molar-refractivity contribution in [2.45, 2.75) is 31.9 Å². The summed E-state index contributed by atoms with van der Waals surface area (Å²) in [6.45, 7) is 2.67. The molecule has 0 spiro atoms. The molecule has 1 saturated carbocycles. The van der Waals surface area contributed by atoms with Crippen LogP contribution in [0.5, 0.6) is 11.5 Å². The first-order chi connectivity index (χ1) is 7.81.